The fraction of sp³-hybridized carbons (Fsp3) is 0. The van der Waals surface area contributed by atoms with E-state index in [-0.39, 0.29) is 21.1 Å². The summed E-state index contributed by atoms with van der Waals surface area (Å²) in [5.41, 5.74) is 0. The number of rotatable bonds is 0. The van der Waals surface area contributed by atoms with Crippen molar-refractivity contribution in [2.24, 2.45) is 0 Å². The van der Waals surface area contributed by atoms with Crippen LogP contribution in [0.2, 0.25) is 0 Å². The standard InChI is InChI=1S/C4H4N2S.Pt/c7-4-5-2-1-3-6-4;/h1-3H,(H,5,6,7);/q;+2/p-1. The Bertz CT molecular complexity index is 144. The number of aromatic nitrogens is 2. The van der Waals surface area contributed by atoms with E-state index in [9.17, 15) is 0 Å². The molecular formula is C4H3N2PtS+. The Kier molecular flexibility index (Phi) is 3.92. The van der Waals surface area contributed by atoms with E-state index in [1.54, 1.807) is 18.5 Å². The van der Waals surface area contributed by atoms with Gasteiger partial charge in [-0.2, -0.15) is 0 Å². The SMILES string of the molecule is [Pt+2].[S-]c1ncccn1. The van der Waals surface area contributed by atoms with Crippen molar-refractivity contribution in [2.45, 2.75) is 5.16 Å². The Hall–Kier alpha value is -0.0117. The summed E-state index contributed by atoms with van der Waals surface area (Å²) in [6.07, 6.45) is 3.24. The van der Waals surface area contributed by atoms with Crippen molar-refractivity contribution in [3.63, 3.8) is 0 Å². The molecule has 0 radical (unpaired) electrons. The minimum Gasteiger partial charge on any atom is -0.740 e. The molecule has 0 saturated heterocycles. The molecule has 0 atom stereocenters. The first-order valence-corrected chi connectivity index (χ1v) is 2.24. The first-order valence-electron chi connectivity index (χ1n) is 1.83. The van der Waals surface area contributed by atoms with Crippen molar-refractivity contribution in [1.82, 2.24) is 9.97 Å². The van der Waals surface area contributed by atoms with Gasteiger partial charge in [0.1, 0.15) is 0 Å². The zero-order chi connectivity index (χ0) is 5.11. The van der Waals surface area contributed by atoms with Gasteiger partial charge in [0.2, 0.25) is 0 Å². The van der Waals surface area contributed by atoms with Crippen LogP contribution in [0.5, 0.6) is 0 Å². The monoisotopic (exact) mass is 306 g/mol. The summed E-state index contributed by atoms with van der Waals surface area (Å²) < 4.78 is 0. The summed E-state index contributed by atoms with van der Waals surface area (Å²) >= 11 is 4.59. The molecule has 1 heterocycles. The van der Waals surface area contributed by atoms with E-state index < -0.39 is 0 Å². The van der Waals surface area contributed by atoms with Crippen molar-refractivity contribution in [3.8, 4) is 0 Å². The van der Waals surface area contributed by atoms with Crippen molar-refractivity contribution < 1.29 is 21.1 Å². The molecule has 0 saturated carbocycles. The second-order valence-electron chi connectivity index (χ2n) is 1.03. The van der Waals surface area contributed by atoms with E-state index in [1.165, 1.54) is 0 Å². The Morgan fingerprint density at radius 1 is 1.25 bits per heavy atom. The van der Waals surface area contributed by atoms with Gasteiger partial charge in [0.15, 0.2) is 0 Å². The van der Waals surface area contributed by atoms with Crippen LogP contribution in [0, 0.1) is 0 Å². The number of hydrogen-bond acceptors (Lipinski definition) is 3. The molecule has 2 nitrogen and oxygen atoms in total. The minimum absolute atomic E-state index is 0. The maximum absolute atomic E-state index is 4.59. The third-order valence-corrected chi connectivity index (χ3v) is 0.753. The first kappa shape index (κ1) is 7.99. The normalized spacial score (nSPS) is 7.50. The molecule has 0 aliphatic carbocycles. The van der Waals surface area contributed by atoms with Crippen molar-refractivity contribution >= 4 is 12.6 Å². The van der Waals surface area contributed by atoms with E-state index in [4.69, 9.17) is 0 Å². The van der Waals surface area contributed by atoms with Gasteiger partial charge in [-0.15, -0.1) is 0 Å². The number of nitrogens with zero attached hydrogens (tertiary/aromatic N) is 2. The number of hydrogen-bond donors (Lipinski definition) is 0. The molecule has 1 aromatic rings. The second-order valence-corrected chi connectivity index (χ2v) is 1.40. The van der Waals surface area contributed by atoms with E-state index in [0.29, 0.717) is 5.16 Å². The zero-order valence-electron chi connectivity index (χ0n) is 3.85. The van der Waals surface area contributed by atoms with Gasteiger partial charge in [-0.25, -0.2) is 0 Å². The minimum atomic E-state index is 0. The maximum Gasteiger partial charge on any atom is 2.00 e. The van der Waals surface area contributed by atoms with E-state index >= 15 is 0 Å². The molecule has 0 aliphatic rings. The van der Waals surface area contributed by atoms with Crippen LogP contribution in [0.15, 0.2) is 23.6 Å². The molecule has 0 unspecified atom stereocenters. The summed E-state index contributed by atoms with van der Waals surface area (Å²) in [6, 6.07) is 1.73. The van der Waals surface area contributed by atoms with Crippen molar-refractivity contribution in [3.05, 3.63) is 18.5 Å². The van der Waals surface area contributed by atoms with Gasteiger partial charge in [0.05, 0.1) is 0 Å². The van der Waals surface area contributed by atoms with E-state index in [1.807, 2.05) is 0 Å². The molecule has 0 bridgehead atoms. The third kappa shape index (κ3) is 2.34. The van der Waals surface area contributed by atoms with Gasteiger partial charge in [-0.05, 0) is 6.07 Å². The summed E-state index contributed by atoms with van der Waals surface area (Å²) in [5.74, 6) is 0. The third-order valence-electron chi connectivity index (χ3n) is 0.542. The average Bonchev–Trinajstić information content (AvgIpc) is 1.69. The second kappa shape index (κ2) is 3.93. The largest absolute Gasteiger partial charge is 2.00 e. The molecule has 0 aromatic carbocycles. The van der Waals surface area contributed by atoms with Crippen LogP contribution in [-0.2, 0) is 33.7 Å². The molecule has 8 heavy (non-hydrogen) atoms. The van der Waals surface area contributed by atoms with Crippen LogP contribution < -0.4 is 0 Å². The van der Waals surface area contributed by atoms with E-state index in [2.05, 4.69) is 22.6 Å². The van der Waals surface area contributed by atoms with Crippen molar-refractivity contribution in [2.75, 3.05) is 0 Å². The van der Waals surface area contributed by atoms with Crippen LogP contribution in [0.4, 0.5) is 0 Å². The summed E-state index contributed by atoms with van der Waals surface area (Å²) in [5, 5.41) is 0.405. The average molecular weight is 306 g/mol. The zero-order valence-corrected chi connectivity index (χ0v) is 6.94. The molecule has 0 aliphatic heterocycles. The molecule has 0 fully saturated rings. The smallest absolute Gasteiger partial charge is 0.740 e. The topological polar surface area (TPSA) is 25.8 Å². The van der Waals surface area contributed by atoms with Gasteiger partial charge in [-0.3, -0.25) is 9.97 Å². The predicted octanol–water partition coefficient (Wildman–Crippen LogP) is 0.380. The summed E-state index contributed by atoms with van der Waals surface area (Å²) in [4.78, 5) is 7.37. The van der Waals surface area contributed by atoms with Crippen LogP contribution in [0.25, 0.3) is 0 Å². The molecule has 4 heteroatoms. The predicted molar refractivity (Wildman–Crippen MR) is 27.7 cm³/mol. The van der Waals surface area contributed by atoms with Crippen LogP contribution in [-0.4, -0.2) is 9.97 Å². The molecule has 1 aromatic heterocycles. The summed E-state index contributed by atoms with van der Waals surface area (Å²) in [6.45, 7) is 0. The first-order chi connectivity index (χ1) is 3.39. The molecule has 1 rings (SSSR count). The van der Waals surface area contributed by atoms with Gasteiger partial charge < -0.3 is 12.6 Å². The van der Waals surface area contributed by atoms with Gasteiger partial charge in [-0.1, -0.05) is 0 Å². The quantitative estimate of drug-likeness (QED) is 0.512. The maximum atomic E-state index is 4.59. The fourth-order valence-corrected chi connectivity index (χ4v) is 0.407. The Morgan fingerprint density at radius 2 is 1.75 bits per heavy atom. The molecular weight excluding hydrogens is 303 g/mol. The molecule has 44 valence electrons. The van der Waals surface area contributed by atoms with Crippen molar-refractivity contribution in [1.29, 1.82) is 0 Å². The Labute approximate surface area is 67.4 Å². The van der Waals surface area contributed by atoms with Crippen LogP contribution in [0.3, 0.4) is 0 Å². The van der Waals surface area contributed by atoms with Gasteiger partial charge in [0, 0.05) is 17.6 Å². The van der Waals surface area contributed by atoms with Crippen LogP contribution in [0.1, 0.15) is 0 Å². The van der Waals surface area contributed by atoms with Gasteiger partial charge in [0.25, 0.3) is 0 Å². The molecule has 0 N–H and O–H groups in total. The fourth-order valence-electron chi connectivity index (χ4n) is 0.285. The summed E-state index contributed by atoms with van der Waals surface area (Å²) in [7, 11) is 0. The van der Waals surface area contributed by atoms with Crippen LogP contribution >= 0.6 is 0 Å². The van der Waals surface area contributed by atoms with E-state index in [0.717, 1.165) is 0 Å². The molecule has 0 spiro atoms. The molecule has 0 amide bonds. The Balaban J connectivity index is 0.000000490. The Morgan fingerprint density at radius 3 is 2.00 bits per heavy atom. The van der Waals surface area contributed by atoms with Gasteiger partial charge >= 0.3 is 21.1 Å².